The zero-order valence-electron chi connectivity index (χ0n) is 11.8. The number of benzene rings is 1. The van der Waals surface area contributed by atoms with Crippen molar-refractivity contribution in [3.8, 4) is 5.75 Å². The van der Waals surface area contributed by atoms with Crippen LogP contribution in [0.5, 0.6) is 5.75 Å². The van der Waals surface area contributed by atoms with Crippen molar-refractivity contribution in [2.45, 2.75) is 17.9 Å². The second-order valence-corrected chi connectivity index (χ2v) is 7.47. The Morgan fingerprint density at radius 2 is 2.18 bits per heavy atom. The molecule has 1 fully saturated rings. The summed E-state index contributed by atoms with van der Waals surface area (Å²) in [5, 5.41) is 2.63. The molecule has 120 valence electrons. The van der Waals surface area contributed by atoms with Crippen molar-refractivity contribution in [2.75, 3.05) is 31.6 Å². The van der Waals surface area contributed by atoms with Crippen LogP contribution >= 0.6 is 11.6 Å². The van der Waals surface area contributed by atoms with Crippen molar-refractivity contribution in [3.05, 3.63) is 17.2 Å². The summed E-state index contributed by atoms with van der Waals surface area (Å²) in [5.74, 6) is -0.00920. The molecule has 1 saturated heterocycles. The highest BCUT2D eigenvalue weighted by atomic mass is 35.5. The summed E-state index contributed by atoms with van der Waals surface area (Å²) in [6, 6.07) is 2.75. The van der Waals surface area contributed by atoms with E-state index in [1.807, 2.05) is 6.92 Å². The SMILES string of the molecule is C[C@@H]1CN(S(=O)(=O)c2cc3c(cc2Cl)NC(=O)CO3)CCO1. The largest absolute Gasteiger partial charge is 0.482 e. The van der Waals surface area contributed by atoms with Gasteiger partial charge in [0.1, 0.15) is 10.6 Å². The molecule has 0 unspecified atom stereocenters. The number of hydrogen-bond acceptors (Lipinski definition) is 5. The monoisotopic (exact) mass is 346 g/mol. The number of carbonyl (C=O) groups excluding carboxylic acids is 1. The Bertz CT molecular complexity index is 721. The molecule has 2 aliphatic rings. The molecule has 0 saturated carbocycles. The molecule has 1 aromatic rings. The maximum atomic E-state index is 12.7. The van der Waals surface area contributed by atoms with Crippen LogP contribution in [0.3, 0.4) is 0 Å². The molecule has 0 aliphatic carbocycles. The first-order valence-electron chi connectivity index (χ1n) is 6.76. The average Bonchev–Trinajstić information content (AvgIpc) is 2.46. The molecule has 22 heavy (non-hydrogen) atoms. The minimum atomic E-state index is -3.74. The van der Waals surface area contributed by atoms with Gasteiger partial charge in [0.2, 0.25) is 10.0 Å². The molecule has 2 heterocycles. The quantitative estimate of drug-likeness (QED) is 0.866. The van der Waals surface area contributed by atoms with Gasteiger partial charge in [-0.15, -0.1) is 0 Å². The lowest BCUT2D eigenvalue weighted by molar-refractivity contribution is -0.118. The van der Waals surface area contributed by atoms with Crippen LogP contribution in [0.4, 0.5) is 5.69 Å². The number of carbonyl (C=O) groups is 1. The number of ether oxygens (including phenoxy) is 2. The van der Waals surface area contributed by atoms with Crippen LogP contribution in [0.2, 0.25) is 5.02 Å². The lowest BCUT2D eigenvalue weighted by Crippen LogP contribution is -2.44. The van der Waals surface area contributed by atoms with Crippen molar-refractivity contribution in [1.29, 1.82) is 0 Å². The van der Waals surface area contributed by atoms with Crippen molar-refractivity contribution in [1.82, 2.24) is 4.31 Å². The number of nitrogens with zero attached hydrogens (tertiary/aromatic N) is 1. The molecule has 2 aliphatic heterocycles. The highest BCUT2D eigenvalue weighted by Gasteiger charge is 2.32. The van der Waals surface area contributed by atoms with Gasteiger partial charge in [-0.25, -0.2) is 8.42 Å². The van der Waals surface area contributed by atoms with Crippen LogP contribution in [0, 0.1) is 0 Å². The summed E-state index contributed by atoms with van der Waals surface area (Å²) in [7, 11) is -3.74. The number of sulfonamides is 1. The Hall–Kier alpha value is -1.35. The van der Waals surface area contributed by atoms with Gasteiger partial charge in [-0.05, 0) is 13.0 Å². The number of fused-ring (bicyclic) bond motifs is 1. The minimum Gasteiger partial charge on any atom is -0.482 e. The molecular weight excluding hydrogens is 332 g/mol. The van der Waals surface area contributed by atoms with E-state index < -0.39 is 10.0 Å². The van der Waals surface area contributed by atoms with E-state index in [1.165, 1.54) is 16.4 Å². The summed E-state index contributed by atoms with van der Waals surface area (Å²) >= 11 is 6.11. The number of morpholine rings is 1. The molecule has 1 aromatic carbocycles. The van der Waals surface area contributed by atoms with E-state index in [0.29, 0.717) is 18.0 Å². The fraction of sp³-hybridized carbons (Fsp3) is 0.462. The third kappa shape index (κ3) is 2.79. The second kappa shape index (κ2) is 5.69. The average molecular weight is 347 g/mol. The Kier molecular flexibility index (Phi) is 4.02. The molecule has 3 rings (SSSR count). The van der Waals surface area contributed by atoms with Gasteiger partial charge < -0.3 is 14.8 Å². The first-order chi connectivity index (χ1) is 10.4. The standard InChI is InChI=1S/C13H15ClN2O5S/c1-8-6-16(2-3-20-8)22(18,19)12-5-11-10(4-9(12)14)15-13(17)7-21-11/h4-5,8H,2-3,6-7H2,1H3,(H,15,17)/t8-/m1/s1. The number of anilines is 1. The summed E-state index contributed by atoms with van der Waals surface area (Å²) < 4.78 is 37.5. The number of rotatable bonds is 2. The van der Waals surface area contributed by atoms with E-state index in [1.54, 1.807) is 0 Å². The Balaban J connectivity index is 1.98. The van der Waals surface area contributed by atoms with Crippen molar-refractivity contribution >= 4 is 33.2 Å². The zero-order chi connectivity index (χ0) is 15.9. The molecule has 0 radical (unpaired) electrons. The van der Waals surface area contributed by atoms with Gasteiger partial charge in [0.25, 0.3) is 5.91 Å². The molecule has 1 atom stereocenters. The van der Waals surface area contributed by atoms with Crippen molar-refractivity contribution < 1.29 is 22.7 Å². The van der Waals surface area contributed by atoms with Gasteiger partial charge in [0, 0.05) is 19.2 Å². The van der Waals surface area contributed by atoms with Crippen LogP contribution in [0.25, 0.3) is 0 Å². The maximum Gasteiger partial charge on any atom is 0.262 e. The normalized spacial score (nSPS) is 22.6. The number of amides is 1. The zero-order valence-corrected chi connectivity index (χ0v) is 13.4. The van der Waals surface area contributed by atoms with Crippen LogP contribution in [-0.2, 0) is 19.6 Å². The summed E-state index contributed by atoms with van der Waals surface area (Å²) in [5.41, 5.74) is 0.371. The van der Waals surface area contributed by atoms with Gasteiger partial charge in [0.05, 0.1) is 23.4 Å². The van der Waals surface area contributed by atoms with Crippen molar-refractivity contribution in [3.63, 3.8) is 0 Å². The predicted molar refractivity (Wildman–Crippen MR) is 79.7 cm³/mol. The van der Waals surface area contributed by atoms with Crippen LogP contribution < -0.4 is 10.1 Å². The molecule has 0 aromatic heterocycles. The maximum absolute atomic E-state index is 12.7. The van der Waals surface area contributed by atoms with Gasteiger partial charge in [-0.3, -0.25) is 4.79 Å². The Morgan fingerprint density at radius 3 is 2.91 bits per heavy atom. The van der Waals surface area contributed by atoms with E-state index in [0.717, 1.165) is 0 Å². The van der Waals surface area contributed by atoms with Gasteiger partial charge >= 0.3 is 0 Å². The number of halogens is 1. The van der Waals surface area contributed by atoms with Crippen LogP contribution in [0.1, 0.15) is 6.92 Å². The molecular formula is C13H15ClN2O5S. The fourth-order valence-electron chi connectivity index (χ4n) is 2.42. The lowest BCUT2D eigenvalue weighted by Gasteiger charge is -2.31. The van der Waals surface area contributed by atoms with E-state index in [2.05, 4.69) is 5.32 Å². The lowest BCUT2D eigenvalue weighted by atomic mass is 10.2. The third-order valence-electron chi connectivity index (χ3n) is 3.49. The van der Waals surface area contributed by atoms with E-state index in [4.69, 9.17) is 21.1 Å². The second-order valence-electron chi connectivity index (χ2n) is 5.16. The van der Waals surface area contributed by atoms with E-state index >= 15 is 0 Å². The Labute approximate surface area is 133 Å². The topological polar surface area (TPSA) is 84.9 Å². The summed E-state index contributed by atoms with van der Waals surface area (Å²) in [4.78, 5) is 11.3. The van der Waals surface area contributed by atoms with E-state index in [9.17, 15) is 13.2 Å². The molecule has 1 N–H and O–H groups in total. The molecule has 0 bridgehead atoms. The molecule has 7 nitrogen and oxygen atoms in total. The summed E-state index contributed by atoms with van der Waals surface area (Å²) in [6.45, 7) is 2.55. The van der Waals surface area contributed by atoms with Crippen molar-refractivity contribution in [2.24, 2.45) is 0 Å². The number of nitrogens with one attached hydrogen (secondary N) is 1. The summed E-state index contributed by atoms with van der Waals surface area (Å²) in [6.07, 6.45) is -0.171. The van der Waals surface area contributed by atoms with Gasteiger partial charge in [-0.1, -0.05) is 11.6 Å². The first-order valence-corrected chi connectivity index (χ1v) is 8.57. The van der Waals surface area contributed by atoms with Gasteiger partial charge in [-0.2, -0.15) is 4.31 Å². The number of hydrogen-bond donors (Lipinski definition) is 1. The molecule has 0 spiro atoms. The van der Waals surface area contributed by atoms with Gasteiger partial charge in [0.15, 0.2) is 6.61 Å². The molecule has 1 amide bonds. The Morgan fingerprint density at radius 1 is 1.41 bits per heavy atom. The molecule has 9 heteroatoms. The first kappa shape index (κ1) is 15.5. The van der Waals surface area contributed by atoms with Crippen LogP contribution in [-0.4, -0.2) is 51.0 Å². The third-order valence-corrected chi connectivity index (χ3v) is 5.82. The van der Waals surface area contributed by atoms with E-state index in [-0.39, 0.29) is 41.6 Å². The fourth-order valence-corrected chi connectivity index (χ4v) is 4.44. The smallest absolute Gasteiger partial charge is 0.262 e. The highest BCUT2D eigenvalue weighted by molar-refractivity contribution is 7.89. The van der Waals surface area contributed by atoms with Crippen LogP contribution in [0.15, 0.2) is 17.0 Å². The predicted octanol–water partition coefficient (Wildman–Crippen LogP) is 1.08. The highest BCUT2D eigenvalue weighted by Crippen LogP contribution is 2.37. The minimum absolute atomic E-state index is 0.0295.